The Bertz CT molecular complexity index is 1110. The first-order chi connectivity index (χ1) is 14.1. The van der Waals surface area contributed by atoms with E-state index in [1.807, 2.05) is 30.1 Å². The molecule has 2 bridgehead atoms. The summed E-state index contributed by atoms with van der Waals surface area (Å²) in [7, 11) is 1.86. The molecule has 148 valence electrons. The van der Waals surface area contributed by atoms with Crippen molar-refractivity contribution in [2.75, 3.05) is 13.1 Å². The number of carbonyl (C=O) groups excluding carboxylic acids is 2. The highest BCUT2D eigenvalue weighted by Gasteiger charge is 2.58. The lowest BCUT2D eigenvalue weighted by atomic mass is 9.82. The minimum atomic E-state index is -0.00578. The number of benzene rings is 1. The van der Waals surface area contributed by atoms with Crippen LogP contribution < -0.4 is 0 Å². The highest BCUT2D eigenvalue weighted by atomic mass is 16.2. The van der Waals surface area contributed by atoms with Gasteiger partial charge in [-0.25, -0.2) is 4.98 Å². The lowest BCUT2D eigenvalue weighted by Crippen LogP contribution is -2.41. The average Bonchev–Trinajstić information content (AvgIpc) is 3.52. The van der Waals surface area contributed by atoms with E-state index in [-0.39, 0.29) is 23.9 Å². The summed E-state index contributed by atoms with van der Waals surface area (Å²) in [4.78, 5) is 34.3. The highest BCUT2D eigenvalue weighted by Crippen LogP contribution is 2.50. The molecule has 1 aromatic carbocycles. The van der Waals surface area contributed by atoms with Gasteiger partial charge in [-0.2, -0.15) is 15.4 Å². The van der Waals surface area contributed by atoms with Gasteiger partial charge in [0.2, 0.25) is 0 Å². The number of nitrogens with zero attached hydrogens (tertiary/aromatic N) is 6. The van der Waals surface area contributed by atoms with Gasteiger partial charge in [-0.15, -0.1) is 0 Å². The number of nitrogens with one attached hydrogen (secondary N) is 1. The van der Waals surface area contributed by atoms with Crippen molar-refractivity contribution in [3.05, 3.63) is 42.0 Å². The maximum absolute atomic E-state index is 13.3. The normalized spacial score (nSPS) is 27.8. The molecule has 0 spiro atoms. The summed E-state index contributed by atoms with van der Waals surface area (Å²) >= 11 is 0. The molecule has 29 heavy (non-hydrogen) atoms. The van der Waals surface area contributed by atoms with Crippen LogP contribution in [-0.2, 0) is 7.05 Å². The van der Waals surface area contributed by atoms with Crippen LogP contribution >= 0.6 is 0 Å². The van der Waals surface area contributed by atoms with Crippen LogP contribution in [0.1, 0.15) is 33.7 Å². The first-order valence-corrected chi connectivity index (χ1v) is 10.0. The van der Waals surface area contributed by atoms with Gasteiger partial charge in [0.25, 0.3) is 11.8 Å². The van der Waals surface area contributed by atoms with E-state index in [2.05, 4.69) is 25.3 Å². The van der Waals surface area contributed by atoms with Crippen LogP contribution in [-0.4, -0.2) is 71.7 Å². The molecule has 3 aliphatic rings. The monoisotopic (exact) mass is 391 g/mol. The van der Waals surface area contributed by atoms with Gasteiger partial charge in [-0.05, 0) is 31.0 Å². The van der Waals surface area contributed by atoms with Crippen molar-refractivity contribution < 1.29 is 9.59 Å². The molecule has 3 fully saturated rings. The number of amides is 2. The predicted molar refractivity (Wildman–Crippen MR) is 103 cm³/mol. The van der Waals surface area contributed by atoms with Gasteiger partial charge in [0.15, 0.2) is 0 Å². The van der Waals surface area contributed by atoms with Gasteiger partial charge in [0.1, 0.15) is 16.7 Å². The Labute approximate surface area is 166 Å². The lowest BCUT2D eigenvalue weighted by molar-refractivity contribution is 0.0671. The Hall–Kier alpha value is -3.23. The standard InChI is InChI=1S/C20H21N7O2/c1-25-9-16(21-10-25)20(29)26-7-12-13(8-26)18-5-4-17(12)27(18)19(28)11-2-3-14-15(6-11)23-24-22-14/h2-3,6,9-10,12-13,17-18H,4-5,7-8H2,1H3,(H,22,23,24)/t12-,13+,17-,18+. The fourth-order valence-electron chi connectivity index (χ4n) is 5.65. The van der Waals surface area contributed by atoms with E-state index in [0.717, 1.165) is 18.4 Å². The molecule has 4 atom stereocenters. The molecule has 3 aromatic rings. The second kappa shape index (κ2) is 5.88. The number of likely N-dealkylation sites (tertiary alicyclic amines) is 1. The summed E-state index contributed by atoms with van der Waals surface area (Å²) in [5.41, 5.74) is 2.61. The molecule has 5 heterocycles. The Morgan fingerprint density at radius 1 is 1.03 bits per heavy atom. The van der Waals surface area contributed by atoms with E-state index in [4.69, 9.17) is 0 Å². The number of hydrogen-bond acceptors (Lipinski definition) is 5. The second-order valence-electron chi connectivity index (χ2n) is 8.41. The summed E-state index contributed by atoms with van der Waals surface area (Å²) in [5.74, 6) is 0.760. The number of aromatic amines is 1. The van der Waals surface area contributed by atoms with E-state index < -0.39 is 0 Å². The maximum atomic E-state index is 13.3. The van der Waals surface area contributed by atoms with Gasteiger partial charge in [-0.1, -0.05) is 0 Å². The molecule has 0 saturated carbocycles. The van der Waals surface area contributed by atoms with Crippen molar-refractivity contribution in [2.45, 2.75) is 24.9 Å². The first-order valence-electron chi connectivity index (χ1n) is 10.0. The molecule has 0 radical (unpaired) electrons. The zero-order valence-electron chi connectivity index (χ0n) is 16.0. The number of aryl methyl sites for hydroxylation is 1. The van der Waals surface area contributed by atoms with Crippen LogP contribution in [0.15, 0.2) is 30.7 Å². The summed E-state index contributed by atoms with van der Waals surface area (Å²) in [6.45, 7) is 1.40. The summed E-state index contributed by atoms with van der Waals surface area (Å²) in [6, 6.07) is 5.88. The van der Waals surface area contributed by atoms with E-state index in [0.29, 0.717) is 41.7 Å². The highest BCUT2D eigenvalue weighted by molar-refractivity contribution is 5.98. The van der Waals surface area contributed by atoms with Crippen molar-refractivity contribution in [3.8, 4) is 0 Å². The van der Waals surface area contributed by atoms with Crippen LogP contribution in [0.3, 0.4) is 0 Å². The number of fused-ring (bicyclic) bond motifs is 6. The maximum Gasteiger partial charge on any atom is 0.274 e. The third-order valence-corrected chi connectivity index (χ3v) is 6.88. The lowest BCUT2D eigenvalue weighted by Gasteiger charge is -2.27. The summed E-state index contributed by atoms with van der Waals surface area (Å²) in [6.07, 6.45) is 5.44. The fraction of sp³-hybridized carbons (Fsp3) is 0.450. The van der Waals surface area contributed by atoms with E-state index in [9.17, 15) is 9.59 Å². The topological polar surface area (TPSA) is 100 Å². The number of H-pyrrole nitrogens is 1. The largest absolute Gasteiger partial charge is 0.340 e. The minimum absolute atomic E-state index is 0.00578. The molecule has 9 nitrogen and oxygen atoms in total. The van der Waals surface area contributed by atoms with Crippen molar-refractivity contribution >= 4 is 22.8 Å². The van der Waals surface area contributed by atoms with Crippen molar-refractivity contribution in [1.29, 1.82) is 0 Å². The molecule has 2 amide bonds. The van der Waals surface area contributed by atoms with Crippen LogP contribution in [0.2, 0.25) is 0 Å². The molecule has 0 unspecified atom stereocenters. The molecule has 3 aliphatic heterocycles. The van der Waals surface area contributed by atoms with Crippen LogP contribution in [0.4, 0.5) is 0 Å². The van der Waals surface area contributed by atoms with E-state index >= 15 is 0 Å². The quantitative estimate of drug-likeness (QED) is 0.704. The molecule has 1 N–H and O–H groups in total. The van der Waals surface area contributed by atoms with Crippen molar-refractivity contribution in [3.63, 3.8) is 0 Å². The summed E-state index contributed by atoms with van der Waals surface area (Å²) in [5, 5.41) is 10.7. The smallest absolute Gasteiger partial charge is 0.274 e. The Morgan fingerprint density at radius 2 is 1.76 bits per heavy atom. The fourth-order valence-corrected chi connectivity index (χ4v) is 5.65. The number of hydrogen-bond donors (Lipinski definition) is 1. The van der Waals surface area contributed by atoms with Crippen molar-refractivity contribution in [1.82, 2.24) is 34.8 Å². The number of aromatic nitrogens is 5. The molecule has 6 rings (SSSR count). The van der Waals surface area contributed by atoms with E-state index in [1.54, 1.807) is 17.1 Å². The van der Waals surface area contributed by atoms with Crippen LogP contribution in [0, 0.1) is 11.8 Å². The minimum Gasteiger partial charge on any atom is -0.340 e. The zero-order chi connectivity index (χ0) is 19.7. The van der Waals surface area contributed by atoms with Crippen LogP contribution in [0.5, 0.6) is 0 Å². The van der Waals surface area contributed by atoms with E-state index in [1.165, 1.54) is 0 Å². The Morgan fingerprint density at radius 3 is 2.45 bits per heavy atom. The Kier molecular flexibility index (Phi) is 3.39. The van der Waals surface area contributed by atoms with Gasteiger partial charge in [0, 0.05) is 55.8 Å². The van der Waals surface area contributed by atoms with Gasteiger partial charge < -0.3 is 14.4 Å². The molecular formula is C20H21N7O2. The summed E-state index contributed by atoms with van der Waals surface area (Å²) < 4.78 is 1.79. The third-order valence-electron chi connectivity index (χ3n) is 6.88. The predicted octanol–water partition coefficient (Wildman–Crippen LogP) is 1.07. The second-order valence-corrected chi connectivity index (χ2v) is 8.41. The third kappa shape index (κ3) is 2.36. The zero-order valence-corrected chi connectivity index (χ0v) is 16.0. The molecular weight excluding hydrogens is 370 g/mol. The van der Waals surface area contributed by atoms with Crippen LogP contribution in [0.25, 0.3) is 11.0 Å². The average molecular weight is 391 g/mol. The molecule has 0 aliphatic carbocycles. The molecule has 2 aromatic heterocycles. The van der Waals surface area contributed by atoms with Crippen molar-refractivity contribution in [2.24, 2.45) is 18.9 Å². The molecule has 3 saturated heterocycles. The van der Waals surface area contributed by atoms with Gasteiger partial charge in [0.05, 0.1) is 6.33 Å². The SMILES string of the molecule is Cn1cnc(C(=O)N2C[C@@H]3[C@H](C2)[C@@H]2CC[C@H]3N2C(=O)c2ccc3n[nH]nc3c2)c1. The molecule has 9 heteroatoms. The number of carbonyl (C=O) groups is 2. The first kappa shape index (κ1) is 16.7. The van der Waals surface area contributed by atoms with Gasteiger partial charge >= 0.3 is 0 Å². The Balaban J connectivity index is 1.23. The van der Waals surface area contributed by atoms with Gasteiger partial charge in [-0.3, -0.25) is 9.59 Å². The number of rotatable bonds is 2. The number of imidazole rings is 1.